The lowest BCUT2D eigenvalue weighted by molar-refractivity contribution is 0.0996. The van der Waals surface area contributed by atoms with E-state index >= 15 is 0 Å². The first-order chi connectivity index (χ1) is 10.6. The molecular weight excluding hydrogens is 281 g/mol. The highest BCUT2D eigenvalue weighted by Gasteiger charge is 2.42. The highest BCUT2D eigenvalue weighted by Crippen LogP contribution is 2.51. The fourth-order valence-corrected chi connectivity index (χ4v) is 3.91. The van der Waals surface area contributed by atoms with E-state index in [1.54, 1.807) is 6.07 Å². The number of fused-ring (bicyclic) bond motifs is 1. The zero-order valence-electron chi connectivity index (χ0n) is 12.7. The number of amides is 1. The van der Waals surface area contributed by atoms with Gasteiger partial charge in [0.15, 0.2) is 0 Å². The highest BCUT2D eigenvalue weighted by molar-refractivity contribution is 5.93. The van der Waals surface area contributed by atoms with Crippen LogP contribution in [0.1, 0.15) is 61.8 Å². The SMILES string of the molecule is NC(=O)c1cc(C2CC2)c(OCC2CCC3CC3C2)cc1F.[HH]. The monoisotopic (exact) mass is 305 g/mol. The van der Waals surface area contributed by atoms with Gasteiger partial charge < -0.3 is 10.5 Å². The minimum absolute atomic E-state index is 0. The third-order valence-corrected chi connectivity index (χ3v) is 5.51. The summed E-state index contributed by atoms with van der Waals surface area (Å²) in [6, 6.07) is 2.96. The van der Waals surface area contributed by atoms with Gasteiger partial charge in [0.05, 0.1) is 12.2 Å². The molecule has 22 heavy (non-hydrogen) atoms. The number of rotatable bonds is 5. The number of carbonyl (C=O) groups is 1. The molecule has 0 saturated heterocycles. The van der Waals surface area contributed by atoms with Crippen LogP contribution in [-0.4, -0.2) is 12.5 Å². The molecule has 3 saturated carbocycles. The summed E-state index contributed by atoms with van der Waals surface area (Å²) in [5.74, 6) is 2.21. The Balaban J connectivity index is 0.00000156. The molecule has 3 aliphatic carbocycles. The molecule has 1 aromatic rings. The number of benzene rings is 1. The van der Waals surface area contributed by atoms with E-state index in [-0.39, 0.29) is 6.99 Å². The molecule has 120 valence electrons. The Morgan fingerprint density at radius 2 is 2.05 bits per heavy atom. The molecule has 3 unspecified atom stereocenters. The van der Waals surface area contributed by atoms with Gasteiger partial charge >= 0.3 is 0 Å². The molecule has 3 nitrogen and oxygen atoms in total. The minimum Gasteiger partial charge on any atom is -0.493 e. The van der Waals surface area contributed by atoms with Crippen LogP contribution in [0, 0.1) is 23.6 Å². The van der Waals surface area contributed by atoms with E-state index in [4.69, 9.17) is 10.5 Å². The van der Waals surface area contributed by atoms with Gasteiger partial charge in [0.1, 0.15) is 11.6 Å². The standard InChI is InChI=1S/C18H22FNO2.H2/c19-16-8-17(14(11-3-4-11)7-15(16)18(20)21)22-9-10-1-2-12-6-13(12)5-10;/h7-8,10-13H,1-6,9H2,(H2,20,21);1H. The van der Waals surface area contributed by atoms with Crippen molar-refractivity contribution in [1.29, 1.82) is 0 Å². The summed E-state index contributed by atoms with van der Waals surface area (Å²) in [7, 11) is 0. The highest BCUT2D eigenvalue weighted by atomic mass is 19.1. The van der Waals surface area contributed by atoms with Crippen LogP contribution in [0.25, 0.3) is 0 Å². The first-order valence-electron chi connectivity index (χ1n) is 8.38. The molecule has 3 atom stereocenters. The van der Waals surface area contributed by atoms with Crippen LogP contribution >= 0.6 is 0 Å². The number of ether oxygens (including phenoxy) is 1. The maximum absolute atomic E-state index is 14.0. The fourth-order valence-electron chi connectivity index (χ4n) is 3.91. The molecule has 4 rings (SSSR count). The van der Waals surface area contributed by atoms with Gasteiger partial charge in [-0.15, -0.1) is 0 Å². The van der Waals surface area contributed by atoms with Crippen molar-refractivity contribution in [1.82, 2.24) is 0 Å². The Morgan fingerprint density at radius 1 is 1.23 bits per heavy atom. The fraction of sp³-hybridized carbons (Fsp3) is 0.611. The Bertz CT molecular complexity index is 617. The van der Waals surface area contributed by atoms with Crippen molar-refractivity contribution >= 4 is 5.91 Å². The zero-order valence-corrected chi connectivity index (χ0v) is 12.7. The summed E-state index contributed by atoms with van der Waals surface area (Å²) in [5.41, 5.74) is 6.18. The number of halogens is 1. The minimum atomic E-state index is -0.710. The van der Waals surface area contributed by atoms with Gasteiger partial charge in [0, 0.05) is 7.49 Å². The van der Waals surface area contributed by atoms with Crippen molar-refractivity contribution in [3.63, 3.8) is 0 Å². The van der Waals surface area contributed by atoms with E-state index in [2.05, 4.69) is 0 Å². The van der Waals surface area contributed by atoms with E-state index in [9.17, 15) is 9.18 Å². The maximum atomic E-state index is 14.0. The summed E-state index contributed by atoms with van der Waals surface area (Å²) in [6.45, 7) is 0.665. The first kappa shape index (κ1) is 14.0. The Labute approximate surface area is 131 Å². The van der Waals surface area contributed by atoms with Crippen molar-refractivity contribution in [2.24, 2.45) is 23.5 Å². The first-order valence-corrected chi connectivity index (χ1v) is 8.38. The molecule has 0 heterocycles. The van der Waals surface area contributed by atoms with Gasteiger partial charge in [0.2, 0.25) is 0 Å². The lowest BCUT2D eigenvalue weighted by Crippen LogP contribution is -2.18. The average molecular weight is 305 g/mol. The van der Waals surface area contributed by atoms with Crippen LogP contribution in [0.2, 0.25) is 0 Å². The summed E-state index contributed by atoms with van der Waals surface area (Å²) in [5, 5.41) is 0. The van der Waals surface area contributed by atoms with Crippen molar-refractivity contribution in [3.05, 3.63) is 29.1 Å². The summed E-state index contributed by atoms with van der Waals surface area (Å²) in [6.07, 6.45) is 7.35. The second kappa shape index (κ2) is 5.25. The van der Waals surface area contributed by atoms with Gasteiger partial charge in [-0.25, -0.2) is 4.39 Å². The lowest BCUT2D eigenvalue weighted by Gasteiger charge is -2.22. The van der Waals surface area contributed by atoms with Crippen LogP contribution in [0.15, 0.2) is 12.1 Å². The number of nitrogens with two attached hydrogens (primary N) is 1. The summed E-state index contributed by atoms with van der Waals surface area (Å²) >= 11 is 0. The quantitative estimate of drug-likeness (QED) is 0.898. The lowest BCUT2D eigenvalue weighted by atomic mass is 9.90. The summed E-state index contributed by atoms with van der Waals surface area (Å²) < 4.78 is 20.0. The van der Waals surface area contributed by atoms with Gasteiger partial charge in [-0.1, -0.05) is 0 Å². The Hall–Kier alpha value is -1.58. The third kappa shape index (κ3) is 2.71. The molecule has 2 N–H and O–H groups in total. The molecule has 4 heteroatoms. The topological polar surface area (TPSA) is 52.3 Å². The van der Waals surface area contributed by atoms with Crippen LogP contribution in [0.3, 0.4) is 0 Å². The molecule has 1 aromatic carbocycles. The van der Waals surface area contributed by atoms with Crippen LogP contribution in [0.4, 0.5) is 4.39 Å². The molecule has 0 radical (unpaired) electrons. The smallest absolute Gasteiger partial charge is 0.251 e. The second-order valence-electron chi connectivity index (χ2n) is 7.25. The van der Waals surface area contributed by atoms with Crippen molar-refractivity contribution in [3.8, 4) is 5.75 Å². The van der Waals surface area contributed by atoms with Crippen molar-refractivity contribution in [2.75, 3.05) is 6.61 Å². The van der Waals surface area contributed by atoms with Crippen molar-refractivity contribution in [2.45, 2.75) is 44.4 Å². The molecule has 1 amide bonds. The van der Waals surface area contributed by atoms with E-state index in [1.807, 2.05) is 0 Å². The van der Waals surface area contributed by atoms with Gasteiger partial charge in [-0.05, 0) is 73.8 Å². The molecule has 0 aromatic heterocycles. The number of primary amides is 1. The van der Waals surface area contributed by atoms with Crippen LogP contribution < -0.4 is 10.5 Å². The average Bonchev–Trinajstić information content (AvgIpc) is 3.36. The van der Waals surface area contributed by atoms with E-state index in [0.29, 0.717) is 24.2 Å². The molecule has 3 aliphatic rings. The molecule has 0 spiro atoms. The molecular formula is C18H24FNO2. The van der Waals surface area contributed by atoms with Crippen molar-refractivity contribution < 1.29 is 15.3 Å². The predicted octanol–water partition coefficient (Wildman–Crippen LogP) is 3.86. The molecule has 3 fully saturated rings. The zero-order chi connectivity index (χ0) is 15.3. The number of hydrogen-bond acceptors (Lipinski definition) is 2. The second-order valence-corrected chi connectivity index (χ2v) is 7.25. The maximum Gasteiger partial charge on any atom is 0.251 e. The van der Waals surface area contributed by atoms with E-state index in [1.165, 1.54) is 31.7 Å². The number of carbonyl (C=O) groups excluding carboxylic acids is 1. The molecule has 0 bridgehead atoms. The van der Waals surface area contributed by atoms with Gasteiger partial charge in [-0.3, -0.25) is 4.79 Å². The largest absolute Gasteiger partial charge is 0.493 e. The Kier molecular flexibility index (Phi) is 3.35. The summed E-state index contributed by atoms with van der Waals surface area (Å²) in [4.78, 5) is 11.3. The van der Waals surface area contributed by atoms with E-state index < -0.39 is 11.7 Å². The Morgan fingerprint density at radius 3 is 2.73 bits per heavy atom. The van der Waals surface area contributed by atoms with Crippen LogP contribution in [0.5, 0.6) is 5.75 Å². The van der Waals surface area contributed by atoms with Gasteiger partial charge in [0.25, 0.3) is 5.91 Å². The van der Waals surface area contributed by atoms with Crippen LogP contribution in [-0.2, 0) is 0 Å². The normalized spacial score (nSPS) is 29.8. The predicted molar refractivity (Wildman–Crippen MR) is 83.4 cm³/mol. The van der Waals surface area contributed by atoms with E-state index in [0.717, 1.165) is 30.2 Å². The third-order valence-electron chi connectivity index (χ3n) is 5.51. The number of hydrogen-bond donors (Lipinski definition) is 1. The molecule has 0 aliphatic heterocycles. The van der Waals surface area contributed by atoms with Gasteiger partial charge in [-0.2, -0.15) is 0 Å².